The Morgan fingerprint density at radius 3 is 2.76 bits per heavy atom. The molecule has 1 aliphatic rings. The number of nitrogens with zero attached hydrogens (tertiary/aromatic N) is 2. The van der Waals surface area contributed by atoms with Gasteiger partial charge in [-0.1, -0.05) is 29.5 Å². The van der Waals surface area contributed by atoms with E-state index in [-0.39, 0.29) is 16.9 Å². The summed E-state index contributed by atoms with van der Waals surface area (Å²) >= 11 is 1.45. The molecule has 152 valence electrons. The Bertz CT molecular complexity index is 1130. The second-order valence-corrected chi connectivity index (χ2v) is 10.3. The van der Waals surface area contributed by atoms with Gasteiger partial charge in [-0.2, -0.15) is 0 Å². The monoisotopic (exact) mass is 430 g/mol. The zero-order valence-electron chi connectivity index (χ0n) is 16.3. The van der Waals surface area contributed by atoms with Gasteiger partial charge < -0.3 is 4.74 Å². The van der Waals surface area contributed by atoms with E-state index in [2.05, 4.69) is 4.98 Å². The van der Waals surface area contributed by atoms with Gasteiger partial charge in [0.1, 0.15) is 0 Å². The van der Waals surface area contributed by atoms with E-state index in [9.17, 15) is 13.2 Å². The number of sulfone groups is 1. The van der Waals surface area contributed by atoms with E-state index in [1.807, 2.05) is 31.2 Å². The largest absolute Gasteiger partial charge is 0.376 e. The predicted molar refractivity (Wildman–Crippen MR) is 115 cm³/mol. The van der Waals surface area contributed by atoms with Crippen LogP contribution in [0.4, 0.5) is 5.13 Å². The summed E-state index contributed by atoms with van der Waals surface area (Å²) in [5.41, 5.74) is 1.92. The average Bonchev–Trinajstić information content (AvgIpc) is 3.34. The van der Waals surface area contributed by atoms with Gasteiger partial charge in [-0.05, 0) is 49.6 Å². The number of para-hydroxylation sites is 1. The van der Waals surface area contributed by atoms with Crippen molar-refractivity contribution in [3.63, 3.8) is 0 Å². The molecule has 4 rings (SSSR count). The van der Waals surface area contributed by atoms with Gasteiger partial charge in [-0.3, -0.25) is 9.69 Å². The fraction of sp³-hybridized carbons (Fsp3) is 0.333. The Labute approximate surface area is 174 Å². The summed E-state index contributed by atoms with van der Waals surface area (Å²) in [6, 6.07) is 12.4. The number of thiazole rings is 1. The highest BCUT2D eigenvalue weighted by atomic mass is 32.2. The molecular weight excluding hydrogens is 408 g/mol. The van der Waals surface area contributed by atoms with Gasteiger partial charge >= 0.3 is 0 Å². The minimum Gasteiger partial charge on any atom is -0.376 e. The van der Waals surface area contributed by atoms with Gasteiger partial charge in [0, 0.05) is 18.4 Å². The van der Waals surface area contributed by atoms with Crippen LogP contribution in [0.25, 0.3) is 10.2 Å². The molecule has 1 amide bonds. The Morgan fingerprint density at radius 1 is 1.28 bits per heavy atom. The van der Waals surface area contributed by atoms with Gasteiger partial charge in [0.05, 0.1) is 27.8 Å². The van der Waals surface area contributed by atoms with E-state index in [0.717, 1.165) is 34.9 Å². The SMILES string of the molecule is Cc1ccc(S(C)(=O)=O)cc1C(=O)N(CC1CCCO1)c1nc2ccccc2s1. The van der Waals surface area contributed by atoms with Crippen molar-refractivity contribution in [2.24, 2.45) is 0 Å². The molecule has 2 heterocycles. The summed E-state index contributed by atoms with van der Waals surface area (Å²) < 4.78 is 30.8. The molecule has 6 nitrogen and oxygen atoms in total. The number of rotatable bonds is 5. The van der Waals surface area contributed by atoms with E-state index >= 15 is 0 Å². The molecule has 2 aromatic carbocycles. The van der Waals surface area contributed by atoms with Crippen molar-refractivity contribution in [3.8, 4) is 0 Å². The molecule has 1 aliphatic heterocycles. The number of aryl methyl sites for hydroxylation is 1. The third-order valence-corrected chi connectivity index (χ3v) is 7.21. The van der Waals surface area contributed by atoms with Gasteiger partial charge in [0.25, 0.3) is 5.91 Å². The maximum absolute atomic E-state index is 13.6. The number of ether oxygens (including phenoxy) is 1. The van der Waals surface area contributed by atoms with Crippen molar-refractivity contribution < 1.29 is 17.9 Å². The summed E-state index contributed by atoms with van der Waals surface area (Å²) in [5, 5.41) is 0.593. The maximum atomic E-state index is 13.6. The van der Waals surface area contributed by atoms with E-state index in [4.69, 9.17) is 4.74 Å². The zero-order chi connectivity index (χ0) is 20.6. The molecule has 1 aromatic heterocycles. The normalized spacial score (nSPS) is 17.0. The molecular formula is C21H22N2O4S2. The van der Waals surface area contributed by atoms with E-state index < -0.39 is 9.84 Å². The lowest BCUT2D eigenvalue weighted by Crippen LogP contribution is -2.38. The van der Waals surface area contributed by atoms with Crippen LogP contribution in [-0.2, 0) is 14.6 Å². The number of hydrogen-bond donors (Lipinski definition) is 0. The quantitative estimate of drug-likeness (QED) is 0.615. The highest BCUT2D eigenvalue weighted by Crippen LogP contribution is 2.31. The number of hydrogen-bond acceptors (Lipinski definition) is 6. The van der Waals surface area contributed by atoms with Gasteiger partial charge in [-0.25, -0.2) is 13.4 Å². The minimum absolute atomic E-state index is 0.0515. The van der Waals surface area contributed by atoms with Crippen molar-refractivity contribution >= 4 is 42.4 Å². The molecule has 0 radical (unpaired) electrons. The number of carbonyl (C=O) groups is 1. The molecule has 0 N–H and O–H groups in total. The molecule has 1 fully saturated rings. The molecule has 0 spiro atoms. The molecule has 0 saturated carbocycles. The lowest BCUT2D eigenvalue weighted by molar-refractivity contribution is 0.0916. The number of anilines is 1. The Hall–Kier alpha value is -2.29. The standard InChI is InChI=1S/C21H22N2O4S2/c1-14-9-10-16(29(2,25)26)12-17(14)20(24)23(13-15-6-5-11-27-15)21-22-18-7-3-4-8-19(18)28-21/h3-4,7-10,12,15H,5-6,11,13H2,1-2H3. The summed E-state index contributed by atoms with van der Waals surface area (Å²) in [5.74, 6) is -0.262. The number of fused-ring (bicyclic) bond motifs is 1. The Balaban J connectivity index is 1.77. The first-order chi connectivity index (χ1) is 13.8. The van der Waals surface area contributed by atoms with Crippen LogP contribution in [0.15, 0.2) is 47.4 Å². The average molecular weight is 431 g/mol. The summed E-state index contributed by atoms with van der Waals surface area (Å²) in [7, 11) is -3.42. The van der Waals surface area contributed by atoms with Crippen LogP contribution in [0.2, 0.25) is 0 Å². The minimum atomic E-state index is -3.42. The van der Waals surface area contributed by atoms with Crippen LogP contribution in [0.3, 0.4) is 0 Å². The highest BCUT2D eigenvalue weighted by Gasteiger charge is 2.28. The molecule has 0 aliphatic carbocycles. The van der Waals surface area contributed by atoms with Crippen LogP contribution >= 0.6 is 11.3 Å². The molecule has 8 heteroatoms. The number of aromatic nitrogens is 1. The number of carbonyl (C=O) groups excluding carboxylic acids is 1. The van der Waals surface area contributed by atoms with Crippen LogP contribution < -0.4 is 4.90 Å². The topological polar surface area (TPSA) is 76.6 Å². The highest BCUT2D eigenvalue weighted by molar-refractivity contribution is 7.90. The summed E-state index contributed by atoms with van der Waals surface area (Å²) in [4.78, 5) is 20.0. The molecule has 29 heavy (non-hydrogen) atoms. The number of amides is 1. The summed E-state index contributed by atoms with van der Waals surface area (Å²) in [6.07, 6.45) is 2.94. The van der Waals surface area contributed by atoms with Crippen molar-refractivity contribution in [1.29, 1.82) is 0 Å². The second kappa shape index (κ2) is 7.85. The third kappa shape index (κ3) is 4.19. The molecule has 3 aromatic rings. The van der Waals surface area contributed by atoms with Gasteiger partial charge in [0.15, 0.2) is 15.0 Å². The second-order valence-electron chi connectivity index (χ2n) is 7.26. The summed E-state index contributed by atoms with van der Waals surface area (Å²) in [6.45, 7) is 2.89. The Kier molecular flexibility index (Phi) is 5.42. The van der Waals surface area contributed by atoms with Crippen LogP contribution in [0.5, 0.6) is 0 Å². The molecule has 1 saturated heterocycles. The predicted octanol–water partition coefficient (Wildman–Crippen LogP) is 3.83. The van der Waals surface area contributed by atoms with Crippen molar-refractivity contribution in [2.75, 3.05) is 24.3 Å². The number of benzene rings is 2. The molecule has 1 unspecified atom stereocenters. The molecule has 1 atom stereocenters. The van der Waals surface area contributed by atoms with Gasteiger partial charge in [-0.15, -0.1) is 0 Å². The molecule has 0 bridgehead atoms. The fourth-order valence-corrected chi connectivity index (χ4v) is 5.04. The fourth-order valence-electron chi connectivity index (χ4n) is 3.42. The van der Waals surface area contributed by atoms with Crippen molar-refractivity contribution in [3.05, 3.63) is 53.6 Å². The van der Waals surface area contributed by atoms with Crippen molar-refractivity contribution in [1.82, 2.24) is 4.98 Å². The lowest BCUT2D eigenvalue weighted by atomic mass is 10.1. The van der Waals surface area contributed by atoms with E-state index in [1.54, 1.807) is 11.0 Å². The lowest BCUT2D eigenvalue weighted by Gasteiger charge is -2.24. The first kappa shape index (κ1) is 20.0. The first-order valence-electron chi connectivity index (χ1n) is 9.42. The van der Waals surface area contributed by atoms with Crippen LogP contribution in [0.1, 0.15) is 28.8 Å². The van der Waals surface area contributed by atoms with Crippen molar-refractivity contribution in [2.45, 2.75) is 30.8 Å². The smallest absolute Gasteiger partial charge is 0.260 e. The Morgan fingerprint density at radius 2 is 2.07 bits per heavy atom. The third-order valence-electron chi connectivity index (χ3n) is 5.04. The van der Waals surface area contributed by atoms with Crippen LogP contribution in [-0.4, -0.2) is 44.8 Å². The van der Waals surface area contributed by atoms with Crippen LogP contribution in [0, 0.1) is 6.92 Å². The zero-order valence-corrected chi connectivity index (χ0v) is 17.9. The first-order valence-corrected chi connectivity index (χ1v) is 12.1. The van der Waals surface area contributed by atoms with E-state index in [1.165, 1.54) is 23.5 Å². The maximum Gasteiger partial charge on any atom is 0.260 e. The van der Waals surface area contributed by atoms with E-state index in [0.29, 0.717) is 23.8 Å². The van der Waals surface area contributed by atoms with Gasteiger partial charge in [0.2, 0.25) is 0 Å².